The van der Waals surface area contributed by atoms with Gasteiger partial charge in [0.05, 0.1) is 40.1 Å². The van der Waals surface area contributed by atoms with Crippen molar-refractivity contribution in [1.82, 2.24) is 24.8 Å². The second-order valence-corrected chi connectivity index (χ2v) is 9.69. The largest absolute Gasteiger partial charge is 0.496 e. The highest BCUT2D eigenvalue weighted by Crippen LogP contribution is 2.40. The quantitative estimate of drug-likeness (QED) is 0.280. The average molecular weight is 552 g/mol. The van der Waals surface area contributed by atoms with Gasteiger partial charge in [0.1, 0.15) is 29.3 Å². The molecule has 3 aromatic heterocycles. The smallest absolute Gasteiger partial charge is 0.358 e. The molecule has 4 heterocycles. The Balaban J connectivity index is 2.01. The number of rotatable bonds is 6. The fraction of sp³-hybridized carbons (Fsp3) is 0.333. The topological polar surface area (TPSA) is 128 Å². The van der Waals surface area contributed by atoms with E-state index in [-0.39, 0.29) is 39.6 Å². The van der Waals surface area contributed by atoms with Crippen LogP contribution in [0, 0.1) is 28.7 Å². The Labute approximate surface area is 227 Å². The highest BCUT2D eigenvalue weighted by Gasteiger charge is 2.34. The molecule has 1 aliphatic rings. The molecule has 0 radical (unpaired) electrons. The van der Waals surface area contributed by atoms with E-state index in [0.717, 1.165) is 16.7 Å². The first-order chi connectivity index (χ1) is 19.1. The van der Waals surface area contributed by atoms with Crippen molar-refractivity contribution in [1.29, 1.82) is 0 Å². The molecule has 1 saturated heterocycles. The summed E-state index contributed by atoms with van der Waals surface area (Å²) >= 11 is 0. The van der Waals surface area contributed by atoms with E-state index in [0.29, 0.717) is 37.6 Å². The summed E-state index contributed by atoms with van der Waals surface area (Å²) in [4.78, 5) is 40.6. The van der Waals surface area contributed by atoms with Gasteiger partial charge in [0.25, 0.3) is 0 Å². The number of nitro groups is 1. The summed E-state index contributed by atoms with van der Waals surface area (Å²) in [7, 11) is 1.32. The van der Waals surface area contributed by atoms with E-state index in [1.54, 1.807) is 11.8 Å². The lowest BCUT2D eigenvalue weighted by molar-refractivity contribution is -0.385. The zero-order chi connectivity index (χ0) is 28.7. The summed E-state index contributed by atoms with van der Waals surface area (Å²) in [5.41, 5.74) is -1.47. The average Bonchev–Trinajstić information content (AvgIpc) is 2.93. The lowest BCUT2D eigenvalue weighted by Gasteiger charge is -2.30. The van der Waals surface area contributed by atoms with Crippen LogP contribution in [0.25, 0.3) is 28.0 Å². The van der Waals surface area contributed by atoms with E-state index >= 15 is 8.78 Å². The van der Waals surface area contributed by atoms with Gasteiger partial charge in [-0.3, -0.25) is 19.5 Å². The second-order valence-electron chi connectivity index (χ2n) is 9.69. The maximum absolute atomic E-state index is 15.9. The second kappa shape index (κ2) is 10.6. The first-order valence-corrected chi connectivity index (χ1v) is 12.7. The Morgan fingerprint density at radius 2 is 1.85 bits per heavy atom. The molecule has 5 rings (SSSR count). The van der Waals surface area contributed by atoms with Gasteiger partial charge in [-0.05, 0) is 31.0 Å². The number of hydrogen-bond donors (Lipinski definition) is 1. The van der Waals surface area contributed by atoms with Crippen molar-refractivity contribution in [3.8, 4) is 22.7 Å². The van der Waals surface area contributed by atoms with E-state index in [2.05, 4.69) is 20.3 Å². The lowest BCUT2D eigenvalue weighted by Crippen LogP contribution is -2.44. The summed E-state index contributed by atoms with van der Waals surface area (Å²) in [6, 6.07) is 5.09. The highest BCUT2D eigenvalue weighted by molar-refractivity contribution is 5.97. The van der Waals surface area contributed by atoms with E-state index in [1.807, 2.05) is 13.8 Å². The summed E-state index contributed by atoms with van der Waals surface area (Å²) in [6.07, 6.45) is 1.34. The van der Waals surface area contributed by atoms with Gasteiger partial charge in [0, 0.05) is 26.2 Å². The van der Waals surface area contributed by atoms with Crippen molar-refractivity contribution >= 4 is 22.4 Å². The molecule has 1 N–H and O–H groups in total. The van der Waals surface area contributed by atoms with E-state index in [9.17, 15) is 14.9 Å². The van der Waals surface area contributed by atoms with Gasteiger partial charge < -0.3 is 15.0 Å². The van der Waals surface area contributed by atoms with Gasteiger partial charge in [-0.25, -0.2) is 23.7 Å². The van der Waals surface area contributed by atoms with Crippen LogP contribution in [0.5, 0.6) is 5.75 Å². The van der Waals surface area contributed by atoms with Crippen molar-refractivity contribution in [2.75, 3.05) is 38.2 Å². The van der Waals surface area contributed by atoms with Crippen molar-refractivity contribution in [2.45, 2.75) is 26.7 Å². The monoisotopic (exact) mass is 551 g/mol. The first kappa shape index (κ1) is 27.1. The Hall–Kier alpha value is -4.52. The fourth-order valence-corrected chi connectivity index (χ4v) is 5.10. The van der Waals surface area contributed by atoms with Crippen molar-refractivity contribution in [2.24, 2.45) is 0 Å². The minimum atomic E-state index is -0.976. The Morgan fingerprint density at radius 1 is 1.12 bits per heavy atom. The minimum Gasteiger partial charge on any atom is -0.496 e. The number of nitrogens with one attached hydrogen (secondary N) is 1. The summed E-state index contributed by atoms with van der Waals surface area (Å²) in [6.45, 7) is 7.04. The van der Waals surface area contributed by atoms with Crippen molar-refractivity contribution in [3.05, 3.63) is 74.1 Å². The Morgan fingerprint density at radius 3 is 2.50 bits per heavy atom. The first-order valence-electron chi connectivity index (χ1n) is 12.7. The molecule has 0 saturated carbocycles. The molecule has 0 bridgehead atoms. The van der Waals surface area contributed by atoms with Crippen LogP contribution in [0.4, 0.5) is 20.2 Å². The SMILES string of the molecule is COc1cccc(F)c1-c1nc2c(cc1F)c(N1CCNCC1)c([N+](=O)[O-])c(=O)n2-c1c(C)ncnc1C(C)C. The molecule has 0 unspecified atom stereocenters. The van der Waals surface area contributed by atoms with E-state index in [4.69, 9.17) is 4.74 Å². The summed E-state index contributed by atoms with van der Waals surface area (Å²) < 4.78 is 37.3. The zero-order valence-electron chi connectivity index (χ0n) is 22.4. The van der Waals surface area contributed by atoms with Crippen LogP contribution in [0.15, 0.2) is 35.4 Å². The Kier molecular flexibility index (Phi) is 7.15. The Bertz CT molecular complexity index is 1700. The van der Waals surface area contributed by atoms with Crippen LogP contribution >= 0.6 is 0 Å². The molecule has 0 amide bonds. The molecule has 0 spiro atoms. The van der Waals surface area contributed by atoms with Crippen LogP contribution in [-0.4, -0.2) is 57.7 Å². The van der Waals surface area contributed by atoms with Gasteiger partial charge in [-0.15, -0.1) is 0 Å². The third kappa shape index (κ3) is 4.41. The van der Waals surface area contributed by atoms with Gasteiger partial charge in [0.2, 0.25) is 0 Å². The molecular formula is C27H27F2N7O4. The number of anilines is 1. The number of aromatic nitrogens is 4. The molecule has 11 nitrogen and oxygen atoms in total. The molecule has 0 atom stereocenters. The maximum atomic E-state index is 15.9. The predicted molar refractivity (Wildman–Crippen MR) is 145 cm³/mol. The van der Waals surface area contributed by atoms with Crippen molar-refractivity contribution in [3.63, 3.8) is 0 Å². The number of piperazine rings is 1. The fourth-order valence-electron chi connectivity index (χ4n) is 5.10. The number of hydrogen-bond acceptors (Lipinski definition) is 9. The number of pyridine rings is 2. The van der Waals surface area contributed by atoms with Gasteiger partial charge in [-0.1, -0.05) is 19.9 Å². The van der Waals surface area contributed by atoms with Gasteiger partial charge in [0.15, 0.2) is 11.5 Å². The molecule has 208 valence electrons. The van der Waals surface area contributed by atoms with Crippen LogP contribution in [0.3, 0.4) is 0 Å². The predicted octanol–water partition coefficient (Wildman–Crippen LogP) is 3.88. The summed E-state index contributed by atoms with van der Waals surface area (Å²) in [5.74, 6) is -1.90. The number of ether oxygens (including phenoxy) is 1. The molecule has 4 aromatic rings. The van der Waals surface area contributed by atoms with Crippen LogP contribution in [-0.2, 0) is 0 Å². The van der Waals surface area contributed by atoms with E-state index < -0.39 is 33.5 Å². The molecule has 40 heavy (non-hydrogen) atoms. The highest BCUT2D eigenvalue weighted by atomic mass is 19.1. The number of methoxy groups -OCH3 is 1. The van der Waals surface area contributed by atoms with Crippen LogP contribution in [0.1, 0.15) is 31.2 Å². The van der Waals surface area contributed by atoms with Gasteiger partial charge >= 0.3 is 11.2 Å². The number of nitrogens with zero attached hydrogens (tertiary/aromatic N) is 6. The van der Waals surface area contributed by atoms with Gasteiger partial charge in [-0.2, -0.15) is 0 Å². The van der Waals surface area contributed by atoms with Crippen LogP contribution < -0.4 is 20.5 Å². The molecular weight excluding hydrogens is 524 g/mol. The molecule has 0 aliphatic carbocycles. The number of fused-ring (bicyclic) bond motifs is 1. The van der Waals surface area contributed by atoms with Crippen molar-refractivity contribution < 1.29 is 18.4 Å². The zero-order valence-corrected chi connectivity index (χ0v) is 22.4. The van der Waals surface area contributed by atoms with E-state index in [1.165, 1.54) is 25.6 Å². The third-order valence-electron chi connectivity index (χ3n) is 6.90. The van der Waals surface area contributed by atoms with Crippen LogP contribution in [0.2, 0.25) is 0 Å². The number of halogens is 2. The summed E-state index contributed by atoms with van der Waals surface area (Å²) in [5, 5.41) is 15.7. The molecule has 1 aromatic carbocycles. The maximum Gasteiger partial charge on any atom is 0.358 e. The molecule has 1 aliphatic heterocycles. The standard InChI is InChI=1S/C27H27F2N7O4/c1-14(2)21-23(15(3)31-13-32-21)35-26-16(24(25(27(35)37)36(38)39)34-10-8-30-9-11-34)12-18(29)22(33-26)20-17(28)6-5-7-19(20)40-4/h5-7,12-14,30H,8-11H2,1-4H3. The molecule has 1 fully saturated rings. The lowest BCUT2D eigenvalue weighted by atomic mass is 10.0. The third-order valence-corrected chi connectivity index (χ3v) is 6.90. The minimum absolute atomic E-state index is 0.0303. The normalized spacial score (nSPS) is 13.7. The number of benzene rings is 1. The number of aryl methyl sites for hydroxylation is 1. The molecule has 13 heteroatoms.